The maximum absolute atomic E-state index is 16.3. The molecule has 0 aliphatic rings. The molecular formula is C20H12FN3. The molecule has 3 rings (SSSR count). The van der Waals surface area contributed by atoms with E-state index in [1.165, 1.54) is 6.20 Å². The summed E-state index contributed by atoms with van der Waals surface area (Å²) in [5.41, 5.74) is 0.202. The Hall–Kier alpha value is -3.50. The predicted octanol–water partition coefficient (Wildman–Crippen LogP) is 4.09. The second kappa shape index (κ2) is 6.32. The van der Waals surface area contributed by atoms with Crippen LogP contribution in [0.25, 0.3) is 0 Å². The number of pyridine rings is 1. The zero-order valence-electron chi connectivity index (χ0n) is 12.6. The van der Waals surface area contributed by atoms with Crippen molar-refractivity contribution < 1.29 is 4.39 Å². The average Bonchev–Trinajstić information content (AvgIpc) is 2.68. The first-order valence-electron chi connectivity index (χ1n) is 7.29. The molecular weight excluding hydrogens is 301 g/mol. The number of benzene rings is 2. The number of nitrogens with zero attached hydrogens (tertiary/aromatic N) is 3. The monoisotopic (exact) mass is 313 g/mol. The highest BCUT2D eigenvalue weighted by molar-refractivity contribution is 5.49. The van der Waals surface area contributed by atoms with Crippen LogP contribution in [-0.4, -0.2) is 4.98 Å². The van der Waals surface area contributed by atoms with Gasteiger partial charge in [-0.05, 0) is 41.5 Å². The second-order valence-electron chi connectivity index (χ2n) is 5.28. The molecule has 0 amide bonds. The van der Waals surface area contributed by atoms with Gasteiger partial charge in [0.15, 0.2) is 5.67 Å². The molecule has 0 saturated carbocycles. The highest BCUT2D eigenvalue weighted by Gasteiger charge is 2.36. The summed E-state index contributed by atoms with van der Waals surface area (Å²) in [6.45, 7) is 0. The Morgan fingerprint density at radius 2 is 1.25 bits per heavy atom. The summed E-state index contributed by atoms with van der Waals surface area (Å²) < 4.78 is 16.3. The van der Waals surface area contributed by atoms with Gasteiger partial charge < -0.3 is 0 Å². The molecule has 0 N–H and O–H groups in total. The summed E-state index contributed by atoms with van der Waals surface area (Å²) in [6, 6.07) is 20.2. The standard InChI is InChI=1S/C20H12FN3/c21-20(19-2-1-11-24-14-19,17-7-3-15(12-22)4-8-17)18-9-5-16(13-23)6-10-18/h1-11,14H. The van der Waals surface area contributed by atoms with Gasteiger partial charge in [0, 0.05) is 18.0 Å². The average molecular weight is 313 g/mol. The molecule has 4 heteroatoms. The van der Waals surface area contributed by atoms with Crippen molar-refractivity contribution in [1.29, 1.82) is 10.5 Å². The van der Waals surface area contributed by atoms with Crippen molar-refractivity contribution in [2.75, 3.05) is 0 Å². The SMILES string of the molecule is N#Cc1ccc(C(F)(c2ccc(C#N)cc2)c2cccnc2)cc1. The molecule has 1 aromatic heterocycles. The molecule has 0 bridgehead atoms. The summed E-state index contributed by atoms with van der Waals surface area (Å²) in [7, 11) is 0. The number of alkyl halides is 1. The van der Waals surface area contributed by atoms with E-state index in [0.717, 1.165) is 0 Å². The van der Waals surface area contributed by atoms with Crippen LogP contribution in [0.1, 0.15) is 27.8 Å². The highest BCUT2D eigenvalue weighted by Crippen LogP contribution is 2.40. The smallest absolute Gasteiger partial charge is 0.187 e. The number of halogens is 1. The molecule has 3 aromatic rings. The van der Waals surface area contributed by atoms with E-state index in [1.807, 2.05) is 12.1 Å². The lowest BCUT2D eigenvalue weighted by molar-refractivity contribution is 0.280. The lowest BCUT2D eigenvalue weighted by Crippen LogP contribution is -2.23. The molecule has 114 valence electrons. The van der Waals surface area contributed by atoms with Gasteiger partial charge in [-0.15, -0.1) is 0 Å². The number of nitriles is 2. The van der Waals surface area contributed by atoms with E-state index >= 15 is 4.39 Å². The van der Waals surface area contributed by atoms with Gasteiger partial charge >= 0.3 is 0 Å². The van der Waals surface area contributed by atoms with Gasteiger partial charge in [-0.2, -0.15) is 10.5 Å². The van der Waals surface area contributed by atoms with Crippen LogP contribution in [0.3, 0.4) is 0 Å². The van der Waals surface area contributed by atoms with E-state index in [-0.39, 0.29) is 0 Å². The fourth-order valence-electron chi connectivity index (χ4n) is 2.62. The normalized spacial score (nSPS) is 10.6. The summed E-state index contributed by atoms with van der Waals surface area (Å²) in [5.74, 6) is 0. The fourth-order valence-corrected chi connectivity index (χ4v) is 2.62. The van der Waals surface area contributed by atoms with Crippen LogP contribution >= 0.6 is 0 Å². The third-order valence-electron chi connectivity index (χ3n) is 3.88. The fraction of sp³-hybridized carbons (Fsp3) is 0.0500. The van der Waals surface area contributed by atoms with Crippen LogP contribution < -0.4 is 0 Å². The lowest BCUT2D eigenvalue weighted by atomic mass is 9.82. The number of rotatable bonds is 3. The third kappa shape index (κ3) is 2.62. The van der Waals surface area contributed by atoms with Crippen molar-refractivity contribution in [1.82, 2.24) is 4.98 Å². The Morgan fingerprint density at radius 3 is 1.62 bits per heavy atom. The highest BCUT2D eigenvalue weighted by atomic mass is 19.1. The maximum Gasteiger partial charge on any atom is 0.187 e. The van der Waals surface area contributed by atoms with Gasteiger partial charge in [0.2, 0.25) is 0 Å². The molecule has 0 spiro atoms. The molecule has 2 aromatic carbocycles. The Balaban J connectivity index is 2.20. The first-order valence-corrected chi connectivity index (χ1v) is 7.29. The van der Waals surface area contributed by atoms with E-state index < -0.39 is 5.67 Å². The van der Waals surface area contributed by atoms with Crippen LogP contribution in [0.2, 0.25) is 0 Å². The molecule has 0 unspecified atom stereocenters. The van der Waals surface area contributed by atoms with Gasteiger partial charge in [-0.25, -0.2) is 4.39 Å². The van der Waals surface area contributed by atoms with Crippen molar-refractivity contribution in [3.8, 4) is 12.1 Å². The lowest BCUT2D eigenvalue weighted by Gasteiger charge is -2.27. The summed E-state index contributed by atoms with van der Waals surface area (Å²) >= 11 is 0. The minimum Gasteiger partial charge on any atom is -0.264 e. The molecule has 0 saturated heterocycles. The first-order chi connectivity index (χ1) is 11.7. The topological polar surface area (TPSA) is 60.5 Å². The van der Waals surface area contributed by atoms with Crippen LogP contribution in [-0.2, 0) is 5.67 Å². The minimum atomic E-state index is -1.92. The Kier molecular flexibility index (Phi) is 4.05. The zero-order valence-corrected chi connectivity index (χ0v) is 12.6. The molecule has 0 aliphatic carbocycles. The van der Waals surface area contributed by atoms with Crippen molar-refractivity contribution in [3.63, 3.8) is 0 Å². The van der Waals surface area contributed by atoms with Gasteiger partial charge in [-0.1, -0.05) is 30.3 Å². The molecule has 0 fully saturated rings. The molecule has 0 radical (unpaired) electrons. The Labute approximate surface area is 139 Å². The van der Waals surface area contributed by atoms with Gasteiger partial charge in [0.1, 0.15) is 0 Å². The minimum absolute atomic E-state index is 0.388. The van der Waals surface area contributed by atoms with Crippen LogP contribution in [0.4, 0.5) is 4.39 Å². The van der Waals surface area contributed by atoms with E-state index in [2.05, 4.69) is 4.98 Å². The largest absolute Gasteiger partial charge is 0.264 e. The van der Waals surface area contributed by atoms with Crippen molar-refractivity contribution >= 4 is 0 Å². The van der Waals surface area contributed by atoms with Crippen molar-refractivity contribution in [2.24, 2.45) is 0 Å². The van der Waals surface area contributed by atoms with E-state index in [0.29, 0.717) is 27.8 Å². The van der Waals surface area contributed by atoms with Gasteiger partial charge in [0.05, 0.1) is 23.3 Å². The quantitative estimate of drug-likeness (QED) is 0.732. The molecule has 24 heavy (non-hydrogen) atoms. The second-order valence-corrected chi connectivity index (χ2v) is 5.28. The number of hydrogen-bond acceptors (Lipinski definition) is 3. The predicted molar refractivity (Wildman–Crippen MR) is 87.5 cm³/mol. The third-order valence-corrected chi connectivity index (χ3v) is 3.88. The molecule has 0 atom stereocenters. The van der Waals surface area contributed by atoms with Gasteiger partial charge in [0.25, 0.3) is 0 Å². The van der Waals surface area contributed by atoms with Crippen LogP contribution in [0.5, 0.6) is 0 Å². The number of hydrogen-bond donors (Lipinski definition) is 0. The first kappa shape index (κ1) is 15.4. The van der Waals surface area contributed by atoms with Crippen LogP contribution in [0, 0.1) is 22.7 Å². The molecule has 1 heterocycles. The summed E-state index contributed by atoms with van der Waals surface area (Å²) in [4.78, 5) is 4.02. The Morgan fingerprint density at radius 1 is 0.750 bits per heavy atom. The van der Waals surface area contributed by atoms with E-state index in [1.54, 1.807) is 66.9 Å². The summed E-state index contributed by atoms with van der Waals surface area (Å²) in [5, 5.41) is 17.9. The van der Waals surface area contributed by atoms with E-state index in [4.69, 9.17) is 10.5 Å². The van der Waals surface area contributed by atoms with E-state index in [9.17, 15) is 0 Å². The van der Waals surface area contributed by atoms with Crippen molar-refractivity contribution in [3.05, 3.63) is 101 Å². The summed E-state index contributed by atoms with van der Waals surface area (Å²) in [6.07, 6.45) is 3.07. The zero-order chi connectivity index (χ0) is 17.0. The maximum atomic E-state index is 16.3. The van der Waals surface area contributed by atoms with Crippen molar-refractivity contribution in [2.45, 2.75) is 5.67 Å². The Bertz CT molecular complexity index is 860. The van der Waals surface area contributed by atoms with Crippen LogP contribution in [0.15, 0.2) is 73.1 Å². The molecule has 3 nitrogen and oxygen atoms in total. The van der Waals surface area contributed by atoms with Gasteiger partial charge in [-0.3, -0.25) is 4.98 Å². The number of aromatic nitrogens is 1. The molecule has 0 aliphatic heterocycles.